The van der Waals surface area contributed by atoms with Crippen LogP contribution in [0.15, 0.2) is 30.3 Å². The summed E-state index contributed by atoms with van der Waals surface area (Å²) in [5.41, 5.74) is 0.302. The normalized spacial score (nSPS) is 12.1. The van der Waals surface area contributed by atoms with Crippen molar-refractivity contribution in [2.24, 2.45) is 0 Å². The first kappa shape index (κ1) is 15.3. The summed E-state index contributed by atoms with van der Waals surface area (Å²) in [6, 6.07) is 4.20. The van der Waals surface area contributed by atoms with Gasteiger partial charge in [0.2, 0.25) is 5.91 Å². The number of carboxylic acids is 1. The van der Waals surface area contributed by atoms with Gasteiger partial charge in [-0.05, 0) is 11.6 Å². The second kappa shape index (κ2) is 7.00. The fraction of sp³-hybridized carbons (Fsp3) is 0.167. The molecule has 1 amide bonds. The largest absolute Gasteiger partial charge is 0.480 e. The van der Waals surface area contributed by atoms with E-state index in [1.165, 1.54) is 24.3 Å². The standard InChI is InChI=1S/C12H12N2O6/c15-7-10(12(17)18)13-11(16)5-4-8-2-1-3-9(6-8)14(19)20/h1-6,10,15H,7H2,(H,13,16)(H,17,18)/b5-4+/t10-/m1/s1. The molecule has 0 radical (unpaired) electrons. The fourth-order valence-corrected chi connectivity index (χ4v) is 1.32. The molecule has 0 heterocycles. The molecule has 0 aliphatic carbocycles. The lowest BCUT2D eigenvalue weighted by Gasteiger charge is -2.09. The third-order valence-electron chi connectivity index (χ3n) is 2.31. The lowest BCUT2D eigenvalue weighted by Crippen LogP contribution is -2.42. The summed E-state index contributed by atoms with van der Waals surface area (Å²) in [6.45, 7) is -0.730. The lowest BCUT2D eigenvalue weighted by atomic mass is 10.2. The van der Waals surface area contributed by atoms with E-state index < -0.39 is 29.4 Å². The number of carboxylic acid groups (broad SMARTS) is 1. The van der Waals surface area contributed by atoms with Crippen LogP contribution in [0.25, 0.3) is 6.08 Å². The van der Waals surface area contributed by atoms with Crippen molar-refractivity contribution in [2.75, 3.05) is 6.61 Å². The number of carbonyl (C=O) groups excluding carboxylic acids is 1. The maximum absolute atomic E-state index is 11.4. The SMILES string of the molecule is O=C(/C=C/c1cccc([N+](=O)[O-])c1)N[C@H](CO)C(=O)O. The van der Waals surface area contributed by atoms with Gasteiger partial charge >= 0.3 is 5.97 Å². The molecular formula is C12H12N2O6. The number of nitrogens with one attached hydrogen (secondary N) is 1. The van der Waals surface area contributed by atoms with Gasteiger partial charge in [-0.3, -0.25) is 14.9 Å². The van der Waals surface area contributed by atoms with E-state index in [1.54, 1.807) is 6.07 Å². The highest BCUT2D eigenvalue weighted by Crippen LogP contribution is 2.13. The second-order valence-corrected chi connectivity index (χ2v) is 3.77. The van der Waals surface area contributed by atoms with Gasteiger partial charge in [-0.25, -0.2) is 4.79 Å². The third kappa shape index (κ3) is 4.50. The zero-order valence-electron chi connectivity index (χ0n) is 10.2. The Bertz CT molecular complexity index is 555. The van der Waals surface area contributed by atoms with Crippen LogP contribution in [0.3, 0.4) is 0 Å². The Kier molecular flexibility index (Phi) is 5.36. The molecule has 0 bridgehead atoms. The molecule has 1 rings (SSSR count). The summed E-state index contributed by atoms with van der Waals surface area (Å²) in [4.78, 5) is 32.0. The molecule has 3 N–H and O–H groups in total. The van der Waals surface area contributed by atoms with Crippen molar-refractivity contribution in [3.05, 3.63) is 46.0 Å². The minimum absolute atomic E-state index is 0.119. The van der Waals surface area contributed by atoms with Crippen LogP contribution >= 0.6 is 0 Å². The summed E-state index contributed by atoms with van der Waals surface area (Å²) in [6.07, 6.45) is 2.34. The van der Waals surface area contributed by atoms with Crippen molar-refractivity contribution >= 4 is 23.6 Å². The molecule has 1 atom stereocenters. The number of carbonyl (C=O) groups is 2. The first-order chi connectivity index (χ1) is 9.43. The number of amides is 1. The molecule has 1 aromatic carbocycles. The van der Waals surface area contributed by atoms with Gasteiger partial charge in [0, 0.05) is 18.2 Å². The van der Waals surface area contributed by atoms with Gasteiger partial charge in [-0.2, -0.15) is 0 Å². The molecule has 0 fully saturated rings. The van der Waals surface area contributed by atoms with Gasteiger partial charge < -0.3 is 15.5 Å². The van der Waals surface area contributed by atoms with Gasteiger partial charge in [-0.1, -0.05) is 12.1 Å². The Balaban J connectivity index is 2.72. The minimum Gasteiger partial charge on any atom is -0.480 e. The maximum Gasteiger partial charge on any atom is 0.328 e. The Morgan fingerprint density at radius 1 is 1.45 bits per heavy atom. The Hall–Kier alpha value is -2.74. The van der Waals surface area contributed by atoms with Gasteiger partial charge in [-0.15, -0.1) is 0 Å². The monoisotopic (exact) mass is 280 g/mol. The predicted molar refractivity (Wildman–Crippen MR) is 68.8 cm³/mol. The number of non-ortho nitro benzene ring substituents is 1. The number of nitrogens with zero attached hydrogens (tertiary/aromatic N) is 1. The number of nitro benzene ring substituents is 1. The van der Waals surface area contributed by atoms with Crippen LogP contribution in [0.2, 0.25) is 0 Å². The maximum atomic E-state index is 11.4. The average molecular weight is 280 g/mol. The number of hydrogen-bond acceptors (Lipinski definition) is 5. The van der Waals surface area contributed by atoms with Crippen LogP contribution < -0.4 is 5.32 Å². The van der Waals surface area contributed by atoms with Crippen molar-refractivity contribution in [1.82, 2.24) is 5.32 Å². The molecular weight excluding hydrogens is 268 g/mol. The topological polar surface area (TPSA) is 130 Å². The van der Waals surface area contributed by atoms with E-state index in [0.717, 1.165) is 6.08 Å². The van der Waals surface area contributed by atoms with Gasteiger partial charge in [0.1, 0.15) is 0 Å². The van der Waals surface area contributed by atoms with Crippen LogP contribution in [-0.4, -0.2) is 39.7 Å². The highest BCUT2D eigenvalue weighted by molar-refractivity contribution is 5.94. The van der Waals surface area contributed by atoms with E-state index in [1.807, 2.05) is 0 Å². The molecule has 0 spiro atoms. The van der Waals surface area contributed by atoms with Gasteiger partial charge in [0.25, 0.3) is 5.69 Å². The van der Waals surface area contributed by atoms with E-state index in [-0.39, 0.29) is 5.69 Å². The van der Waals surface area contributed by atoms with E-state index >= 15 is 0 Å². The Labute approximate surface area is 113 Å². The van der Waals surface area contributed by atoms with E-state index in [2.05, 4.69) is 5.32 Å². The van der Waals surface area contributed by atoms with Crippen LogP contribution in [-0.2, 0) is 9.59 Å². The molecule has 0 aromatic heterocycles. The number of benzene rings is 1. The fourth-order valence-electron chi connectivity index (χ4n) is 1.32. The first-order valence-corrected chi connectivity index (χ1v) is 5.50. The molecule has 106 valence electrons. The third-order valence-corrected chi connectivity index (χ3v) is 2.31. The molecule has 0 aliphatic rings. The molecule has 0 unspecified atom stereocenters. The van der Waals surface area contributed by atoms with Crippen molar-refractivity contribution in [1.29, 1.82) is 0 Å². The summed E-state index contributed by atoms with van der Waals surface area (Å²) in [5.74, 6) is -2.08. The number of aliphatic carboxylic acids is 1. The van der Waals surface area contributed by atoms with Crippen LogP contribution in [0.4, 0.5) is 5.69 Å². The van der Waals surface area contributed by atoms with Gasteiger partial charge in [0.05, 0.1) is 11.5 Å². The van der Waals surface area contributed by atoms with Crippen LogP contribution in [0, 0.1) is 10.1 Å². The first-order valence-electron chi connectivity index (χ1n) is 5.50. The smallest absolute Gasteiger partial charge is 0.328 e. The molecule has 1 aromatic rings. The number of nitro groups is 1. The summed E-state index contributed by atoms with van der Waals surface area (Å²) < 4.78 is 0. The summed E-state index contributed by atoms with van der Waals surface area (Å²) >= 11 is 0. The van der Waals surface area contributed by atoms with Crippen LogP contribution in [0.5, 0.6) is 0 Å². The molecule has 0 aliphatic heterocycles. The average Bonchev–Trinajstić information content (AvgIpc) is 2.42. The molecule has 20 heavy (non-hydrogen) atoms. The Morgan fingerprint density at radius 2 is 2.15 bits per heavy atom. The second-order valence-electron chi connectivity index (χ2n) is 3.77. The van der Waals surface area contributed by atoms with Crippen molar-refractivity contribution in [3.63, 3.8) is 0 Å². The molecule has 0 saturated carbocycles. The minimum atomic E-state index is -1.39. The number of aliphatic hydroxyl groups is 1. The Morgan fingerprint density at radius 3 is 2.70 bits per heavy atom. The molecule has 8 heteroatoms. The van der Waals surface area contributed by atoms with Gasteiger partial charge in [0.15, 0.2) is 6.04 Å². The molecule has 0 saturated heterocycles. The highest BCUT2D eigenvalue weighted by Gasteiger charge is 2.17. The lowest BCUT2D eigenvalue weighted by molar-refractivity contribution is -0.384. The zero-order chi connectivity index (χ0) is 15.1. The van der Waals surface area contributed by atoms with E-state index in [9.17, 15) is 19.7 Å². The summed E-state index contributed by atoms with van der Waals surface area (Å²) in [7, 11) is 0. The predicted octanol–water partition coefficient (Wildman–Crippen LogP) is 0.170. The number of aliphatic hydroxyl groups excluding tert-OH is 1. The van der Waals surface area contributed by atoms with E-state index in [0.29, 0.717) is 5.56 Å². The zero-order valence-corrected chi connectivity index (χ0v) is 10.2. The number of hydrogen-bond donors (Lipinski definition) is 3. The van der Waals surface area contributed by atoms with Crippen molar-refractivity contribution in [3.8, 4) is 0 Å². The van der Waals surface area contributed by atoms with Crippen molar-refractivity contribution < 1.29 is 24.7 Å². The molecule has 8 nitrogen and oxygen atoms in total. The van der Waals surface area contributed by atoms with E-state index in [4.69, 9.17) is 10.2 Å². The quantitative estimate of drug-likeness (QED) is 0.387. The number of rotatable bonds is 6. The highest BCUT2D eigenvalue weighted by atomic mass is 16.6. The van der Waals surface area contributed by atoms with Crippen LogP contribution in [0.1, 0.15) is 5.56 Å². The van der Waals surface area contributed by atoms with Crippen molar-refractivity contribution in [2.45, 2.75) is 6.04 Å². The summed E-state index contributed by atoms with van der Waals surface area (Å²) in [5, 5.41) is 30.0.